The lowest BCUT2D eigenvalue weighted by Crippen LogP contribution is -2.30. The van der Waals surface area contributed by atoms with Crippen molar-refractivity contribution in [2.75, 3.05) is 0 Å². The maximum Gasteiger partial charge on any atom is 0.227 e. The molecule has 6 heteroatoms. The number of amides is 2. The maximum absolute atomic E-state index is 12.2. The molecule has 1 heterocycles. The molecule has 0 saturated carbocycles. The molecule has 2 aromatic carbocycles. The fourth-order valence-electron chi connectivity index (χ4n) is 3.17. The van der Waals surface area contributed by atoms with Crippen LogP contribution >= 0.6 is 11.3 Å². The van der Waals surface area contributed by atoms with Crippen LogP contribution in [0.1, 0.15) is 36.4 Å². The van der Waals surface area contributed by atoms with Crippen molar-refractivity contribution in [3.05, 3.63) is 76.1 Å². The van der Waals surface area contributed by atoms with Gasteiger partial charge in [-0.1, -0.05) is 54.6 Å². The van der Waals surface area contributed by atoms with Crippen molar-refractivity contribution in [3.63, 3.8) is 0 Å². The molecule has 5 nitrogen and oxygen atoms in total. The molecular weight excluding hydrogens is 394 g/mol. The number of aryl methyl sites for hydroxylation is 1. The first kappa shape index (κ1) is 21.7. The van der Waals surface area contributed by atoms with Crippen LogP contribution < -0.4 is 10.6 Å². The summed E-state index contributed by atoms with van der Waals surface area (Å²) >= 11 is 1.51. The Morgan fingerprint density at radius 1 is 1.03 bits per heavy atom. The summed E-state index contributed by atoms with van der Waals surface area (Å²) < 4.78 is 0. The Balaban J connectivity index is 1.50. The van der Waals surface area contributed by atoms with Gasteiger partial charge in [-0.15, -0.1) is 11.3 Å². The molecule has 1 atom stereocenters. The molecule has 30 heavy (non-hydrogen) atoms. The van der Waals surface area contributed by atoms with Crippen molar-refractivity contribution in [2.45, 2.75) is 45.7 Å². The topological polar surface area (TPSA) is 71.1 Å². The lowest BCUT2D eigenvalue weighted by Gasteiger charge is -2.12. The smallest absolute Gasteiger partial charge is 0.227 e. The van der Waals surface area contributed by atoms with E-state index in [0.717, 1.165) is 34.7 Å². The quantitative estimate of drug-likeness (QED) is 0.546. The predicted molar refractivity (Wildman–Crippen MR) is 121 cm³/mol. The number of carbonyl (C=O) groups excluding carboxylic acids is 2. The van der Waals surface area contributed by atoms with Gasteiger partial charge in [-0.25, -0.2) is 4.98 Å². The Morgan fingerprint density at radius 3 is 2.47 bits per heavy atom. The van der Waals surface area contributed by atoms with Gasteiger partial charge < -0.3 is 10.6 Å². The Bertz CT molecular complexity index is 968. The molecule has 156 valence electrons. The highest BCUT2D eigenvalue weighted by Gasteiger charge is 2.10. The first-order chi connectivity index (χ1) is 14.5. The molecule has 2 N–H and O–H groups in total. The minimum absolute atomic E-state index is 0.00549. The van der Waals surface area contributed by atoms with Crippen molar-refractivity contribution in [2.24, 2.45) is 0 Å². The van der Waals surface area contributed by atoms with Crippen LogP contribution in [0.15, 0.2) is 60.0 Å². The van der Waals surface area contributed by atoms with Crippen LogP contribution in [0.4, 0.5) is 0 Å². The number of nitrogens with zero attached hydrogens (tertiary/aromatic N) is 1. The molecule has 0 aliphatic carbocycles. The molecule has 0 bridgehead atoms. The molecule has 3 rings (SSSR count). The number of thiazole rings is 1. The summed E-state index contributed by atoms with van der Waals surface area (Å²) in [4.78, 5) is 27.9. The minimum Gasteiger partial charge on any atom is -0.354 e. The number of benzene rings is 2. The molecule has 1 unspecified atom stereocenters. The molecular formula is C24H27N3O2S. The van der Waals surface area contributed by atoms with E-state index in [0.29, 0.717) is 6.54 Å². The van der Waals surface area contributed by atoms with Gasteiger partial charge in [0.25, 0.3) is 0 Å². The average Bonchev–Trinajstić information content (AvgIpc) is 3.20. The van der Waals surface area contributed by atoms with Crippen molar-refractivity contribution in [1.82, 2.24) is 15.6 Å². The zero-order valence-corrected chi connectivity index (χ0v) is 18.2. The molecule has 3 aromatic rings. The van der Waals surface area contributed by atoms with Crippen molar-refractivity contribution in [1.29, 1.82) is 0 Å². The van der Waals surface area contributed by atoms with Gasteiger partial charge in [-0.05, 0) is 30.9 Å². The van der Waals surface area contributed by atoms with Gasteiger partial charge in [0, 0.05) is 30.5 Å². The Labute approximate surface area is 181 Å². The van der Waals surface area contributed by atoms with E-state index in [2.05, 4.69) is 39.9 Å². The molecule has 0 saturated heterocycles. The van der Waals surface area contributed by atoms with E-state index in [1.165, 1.54) is 16.9 Å². The summed E-state index contributed by atoms with van der Waals surface area (Å²) in [6.07, 6.45) is 2.10. The van der Waals surface area contributed by atoms with Gasteiger partial charge in [0.2, 0.25) is 11.8 Å². The predicted octanol–water partition coefficient (Wildman–Crippen LogP) is 4.13. The van der Waals surface area contributed by atoms with Gasteiger partial charge in [0.05, 0.1) is 12.1 Å². The minimum atomic E-state index is -0.0246. The highest BCUT2D eigenvalue weighted by molar-refractivity contribution is 7.10. The van der Waals surface area contributed by atoms with E-state index in [1.54, 1.807) is 6.92 Å². The van der Waals surface area contributed by atoms with Gasteiger partial charge in [0.1, 0.15) is 5.01 Å². The number of aromatic nitrogens is 1. The molecule has 0 radical (unpaired) electrons. The third-order valence-corrected chi connectivity index (χ3v) is 5.61. The standard InChI is InChI=1S/C24H27N3O2S/c1-17(26-18(2)28)8-9-19-10-12-21(13-11-19)22-16-30-24(27-22)14-23(29)25-15-20-6-4-3-5-7-20/h3-7,10-13,16-17H,8-9,14-15H2,1-2H3,(H,25,29)(H,26,28). The van der Waals surface area contributed by atoms with Crippen molar-refractivity contribution >= 4 is 23.2 Å². The molecule has 0 spiro atoms. The van der Waals surface area contributed by atoms with E-state index >= 15 is 0 Å². The fourth-order valence-corrected chi connectivity index (χ4v) is 3.97. The lowest BCUT2D eigenvalue weighted by molar-refractivity contribution is -0.121. The number of hydrogen-bond donors (Lipinski definition) is 2. The SMILES string of the molecule is CC(=O)NC(C)CCc1ccc(-c2csc(CC(=O)NCc3ccccc3)n2)cc1. The first-order valence-electron chi connectivity index (χ1n) is 10.1. The van der Waals surface area contributed by atoms with E-state index in [-0.39, 0.29) is 24.3 Å². The zero-order chi connectivity index (χ0) is 21.3. The van der Waals surface area contributed by atoms with Crippen LogP contribution in [0.3, 0.4) is 0 Å². The van der Waals surface area contributed by atoms with Gasteiger partial charge >= 0.3 is 0 Å². The average molecular weight is 422 g/mol. The largest absolute Gasteiger partial charge is 0.354 e. The second-order valence-corrected chi connectivity index (χ2v) is 8.35. The van der Waals surface area contributed by atoms with Crippen molar-refractivity contribution in [3.8, 4) is 11.3 Å². The van der Waals surface area contributed by atoms with Crippen molar-refractivity contribution < 1.29 is 9.59 Å². The summed E-state index contributed by atoms with van der Waals surface area (Å²) in [6, 6.07) is 18.4. The highest BCUT2D eigenvalue weighted by atomic mass is 32.1. The van der Waals surface area contributed by atoms with Crippen LogP contribution in [-0.4, -0.2) is 22.8 Å². The Kier molecular flexibility index (Phi) is 7.74. The van der Waals surface area contributed by atoms with Crippen LogP contribution in [0, 0.1) is 0 Å². The third kappa shape index (κ3) is 6.81. The second kappa shape index (κ2) is 10.7. The summed E-state index contributed by atoms with van der Waals surface area (Å²) in [5.74, 6) is -0.0191. The van der Waals surface area contributed by atoms with Gasteiger partial charge in [-0.2, -0.15) is 0 Å². The number of nitrogens with one attached hydrogen (secondary N) is 2. The summed E-state index contributed by atoms with van der Waals surface area (Å²) in [5.41, 5.74) is 4.24. The lowest BCUT2D eigenvalue weighted by atomic mass is 10.0. The number of hydrogen-bond acceptors (Lipinski definition) is 4. The number of rotatable bonds is 9. The zero-order valence-electron chi connectivity index (χ0n) is 17.4. The van der Waals surface area contributed by atoms with Crippen LogP contribution in [-0.2, 0) is 29.0 Å². The third-order valence-electron chi connectivity index (χ3n) is 4.76. The van der Waals surface area contributed by atoms with Crippen LogP contribution in [0.25, 0.3) is 11.3 Å². The van der Waals surface area contributed by atoms with Gasteiger partial charge in [0.15, 0.2) is 0 Å². The van der Waals surface area contributed by atoms with Gasteiger partial charge in [-0.3, -0.25) is 9.59 Å². The maximum atomic E-state index is 12.2. The molecule has 2 amide bonds. The van der Waals surface area contributed by atoms with E-state index < -0.39 is 0 Å². The summed E-state index contributed by atoms with van der Waals surface area (Å²) in [5, 5.41) is 8.65. The molecule has 0 fully saturated rings. The van der Waals surface area contributed by atoms with E-state index in [1.807, 2.05) is 42.6 Å². The summed E-state index contributed by atoms with van der Waals surface area (Å²) in [6.45, 7) is 4.09. The van der Waals surface area contributed by atoms with E-state index in [4.69, 9.17) is 0 Å². The first-order valence-corrected chi connectivity index (χ1v) is 11.0. The molecule has 0 aliphatic rings. The number of carbonyl (C=O) groups is 2. The second-order valence-electron chi connectivity index (χ2n) is 7.40. The van der Waals surface area contributed by atoms with Crippen LogP contribution in [0.5, 0.6) is 0 Å². The molecule has 1 aromatic heterocycles. The Hall–Kier alpha value is -2.99. The normalized spacial score (nSPS) is 11.7. The monoisotopic (exact) mass is 421 g/mol. The summed E-state index contributed by atoms with van der Waals surface area (Å²) in [7, 11) is 0. The molecule has 0 aliphatic heterocycles. The highest BCUT2D eigenvalue weighted by Crippen LogP contribution is 2.23. The fraction of sp³-hybridized carbons (Fsp3) is 0.292. The van der Waals surface area contributed by atoms with E-state index in [9.17, 15) is 9.59 Å². The van der Waals surface area contributed by atoms with Crippen LogP contribution in [0.2, 0.25) is 0 Å². The Morgan fingerprint density at radius 2 is 1.77 bits per heavy atom.